The zero-order chi connectivity index (χ0) is 39.7. The van der Waals surface area contributed by atoms with E-state index in [0.717, 1.165) is 34.4 Å². The van der Waals surface area contributed by atoms with Crippen LogP contribution in [0, 0.1) is 23.7 Å². The summed E-state index contributed by atoms with van der Waals surface area (Å²) in [6, 6.07) is 55.6. The summed E-state index contributed by atoms with van der Waals surface area (Å²) in [7, 11) is 0. The lowest BCUT2D eigenvalue weighted by Crippen LogP contribution is -2.56. The van der Waals surface area contributed by atoms with E-state index in [-0.39, 0.29) is 10.8 Å². The zero-order valence-electron chi connectivity index (χ0n) is 34.0. The third-order valence-electron chi connectivity index (χ3n) is 15.3. The molecule has 2 heterocycles. The van der Waals surface area contributed by atoms with Crippen molar-refractivity contribution in [3.05, 3.63) is 174 Å². The Morgan fingerprint density at radius 1 is 0.450 bits per heavy atom. The number of hydrogen-bond donors (Lipinski definition) is 0. The predicted octanol–water partition coefficient (Wildman–Crippen LogP) is 14.2. The Labute approximate surface area is 356 Å². The second-order valence-electron chi connectivity index (χ2n) is 18.8. The summed E-state index contributed by atoms with van der Waals surface area (Å²) in [5, 5.41) is 2.50. The normalized spacial score (nSPS) is 23.6. The first kappa shape index (κ1) is 35.0. The van der Waals surface area contributed by atoms with Gasteiger partial charge in [-0.3, -0.25) is 0 Å². The molecule has 4 bridgehead atoms. The van der Waals surface area contributed by atoms with E-state index in [1.165, 1.54) is 80.5 Å². The molecule has 4 heteroatoms. The summed E-state index contributed by atoms with van der Waals surface area (Å²) in [5.41, 5.74) is 14.4. The Morgan fingerprint density at radius 3 is 1.83 bits per heavy atom. The van der Waals surface area contributed by atoms with Gasteiger partial charge in [-0.25, -0.2) is 15.0 Å². The van der Waals surface area contributed by atoms with Crippen LogP contribution in [0.2, 0.25) is 0 Å². The van der Waals surface area contributed by atoms with E-state index in [4.69, 9.17) is 15.0 Å². The summed E-state index contributed by atoms with van der Waals surface area (Å²) >= 11 is 1.99. The van der Waals surface area contributed by atoms with Crippen LogP contribution in [0.25, 0.3) is 67.2 Å². The molecule has 7 aromatic carbocycles. The van der Waals surface area contributed by atoms with E-state index in [1.807, 2.05) is 17.8 Å². The molecule has 3 nitrogen and oxygen atoms in total. The van der Waals surface area contributed by atoms with Gasteiger partial charge in [0.15, 0.2) is 17.5 Å². The van der Waals surface area contributed by atoms with Crippen LogP contribution in [0.3, 0.4) is 0 Å². The number of aromatic nitrogens is 3. The molecule has 0 atom stereocenters. The zero-order valence-corrected chi connectivity index (χ0v) is 34.8. The number of nitrogens with zero attached hydrogens (tertiary/aromatic N) is 3. The van der Waals surface area contributed by atoms with Crippen molar-refractivity contribution in [2.24, 2.45) is 23.7 Å². The topological polar surface area (TPSA) is 38.7 Å². The SMILES string of the molecule is CC1(C)c2ccccc2Sc2ccc3c(c21)C1(c2ccc(-c4nc(-c5ccccc5)nc(-c5ccc(-c6cccc7ccccc67)cc5)n4)cc2-3)C2CC3CC(C2)CC1C3. The highest BCUT2D eigenvalue weighted by Gasteiger charge is 2.63. The van der Waals surface area contributed by atoms with Gasteiger partial charge in [-0.1, -0.05) is 159 Å². The first-order valence-electron chi connectivity index (χ1n) is 21.9. The molecule has 0 saturated heterocycles. The molecule has 14 rings (SSSR count). The van der Waals surface area contributed by atoms with Crippen LogP contribution in [0.5, 0.6) is 0 Å². The van der Waals surface area contributed by atoms with Crippen LogP contribution in [-0.2, 0) is 10.8 Å². The van der Waals surface area contributed by atoms with Crippen molar-refractivity contribution in [2.45, 2.75) is 66.6 Å². The minimum Gasteiger partial charge on any atom is -0.208 e. The molecule has 5 aliphatic carbocycles. The minimum absolute atomic E-state index is 0.0390. The first-order chi connectivity index (χ1) is 29.4. The van der Waals surface area contributed by atoms with Gasteiger partial charge in [0.1, 0.15) is 0 Å². The van der Waals surface area contributed by atoms with Gasteiger partial charge < -0.3 is 0 Å². The minimum atomic E-state index is -0.105. The lowest BCUT2D eigenvalue weighted by Gasteiger charge is -2.62. The van der Waals surface area contributed by atoms with Crippen molar-refractivity contribution in [2.75, 3.05) is 0 Å². The molecule has 6 aliphatic rings. The van der Waals surface area contributed by atoms with Gasteiger partial charge in [-0.2, -0.15) is 0 Å². The highest BCUT2D eigenvalue weighted by molar-refractivity contribution is 7.99. The molecular weight excluding hydrogens is 747 g/mol. The molecule has 4 saturated carbocycles. The Balaban J connectivity index is 0.983. The molecular formula is C56H45N3S. The van der Waals surface area contributed by atoms with E-state index in [9.17, 15) is 0 Å². The average Bonchev–Trinajstić information content (AvgIpc) is 3.58. The van der Waals surface area contributed by atoms with E-state index >= 15 is 0 Å². The van der Waals surface area contributed by atoms with Crippen LogP contribution in [0.1, 0.15) is 68.2 Å². The van der Waals surface area contributed by atoms with Crippen molar-refractivity contribution >= 4 is 22.5 Å². The van der Waals surface area contributed by atoms with Gasteiger partial charge in [-0.15, -0.1) is 0 Å². The van der Waals surface area contributed by atoms with Gasteiger partial charge >= 0.3 is 0 Å². The van der Waals surface area contributed by atoms with Crippen LogP contribution in [0.4, 0.5) is 0 Å². The fourth-order valence-corrected chi connectivity index (χ4v) is 14.5. The van der Waals surface area contributed by atoms with E-state index in [2.05, 4.69) is 159 Å². The fraction of sp³-hybridized carbons (Fsp3) is 0.232. The Morgan fingerprint density at radius 2 is 1.07 bits per heavy atom. The van der Waals surface area contributed by atoms with Crippen molar-refractivity contribution in [1.82, 2.24) is 15.0 Å². The maximum absolute atomic E-state index is 5.30. The lowest BCUT2D eigenvalue weighted by atomic mass is 9.42. The smallest absolute Gasteiger partial charge is 0.164 e. The molecule has 290 valence electrons. The summed E-state index contributed by atoms with van der Waals surface area (Å²) in [6.45, 7) is 4.99. The fourth-order valence-electron chi connectivity index (χ4n) is 13.1. The third kappa shape index (κ3) is 4.94. The predicted molar refractivity (Wildman–Crippen MR) is 245 cm³/mol. The Hall–Kier alpha value is -5.84. The highest BCUT2D eigenvalue weighted by Crippen LogP contribution is 2.71. The van der Waals surface area contributed by atoms with Crippen LogP contribution >= 0.6 is 11.8 Å². The lowest BCUT2D eigenvalue weighted by molar-refractivity contribution is -0.0405. The number of rotatable bonds is 4. The summed E-state index contributed by atoms with van der Waals surface area (Å²) in [6.07, 6.45) is 6.88. The molecule has 0 N–H and O–H groups in total. The Bertz CT molecular complexity index is 3020. The monoisotopic (exact) mass is 791 g/mol. The third-order valence-corrected chi connectivity index (χ3v) is 16.5. The van der Waals surface area contributed by atoms with Gasteiger partial charge in [-0.05, 0) is 129 Å². The Kier molecular flexibility index (Phi) is 7.48. The van der Waals surface area contributed by atoms with Crippen molar-refractivity contribution in [1.29, 1.82) is 0 Å². The van der Waals surface area contributed by atoms with Crippen molar-refractivity contribution in [3.63, 3.8) is 0 Å². The number of hydrogen-bond acceptors (Lipinski definition) is 4. The molecule has 0 amide bonds. The maximum Gasteiger partial charge on any atom is 0.164 e. The van der Waals surface area contributed by atoms with Crippen LogP contribution in [0.15, 0.2) is 161 Å². The van der Waals surface area contributed by atoms with Crippen LogP contribution in [-0.4, -0.2) is 15.0 Å². The van der Waals surface area contributed by atoms with Gasteiger partial charge in [0, 0.05) is 37.3 Å². The molecule has 1 aromatic heterocycles. The molecule has 60 heavy (non-hydrogen) atoms. The van der Waals surface area contributed by atoms with Gasteiger partial charge in [0.25, 0.3) is 0 Å². The van der Waals surface area contributed by atoms with E-state index in [0.29, 0.717) is 23.5 Å². The quantitative estimate of drug-likeness (QED) is 0.178. The van der Waals surface area contributed by atoms with Crippen molar-refractivity contribution in [3.8, 4) is 56.4 Å². The summed E-state index contributed by atoms with van der Waals surface area (Å²) in [4.78, 5) is 18.5. The molecule has 0 unspecified atom stereocenters. The second kappa shape index (κ2) is 12.8. The van der Waals surface area contributed by atoms with E-state index in [1.54, 1.807) is 16.7 Å². The second-order valence-corrected chi connectivity index (χ2v) is 19.9. The number of benzene rings is 7. The molecule has 1 aliphatic heterocycles. The summed E-state index contributed by atoms with van der Waals surface area (Å²) in [5.74, 6) is 5.22. The van der Waals surface area contributed by atoms with Crippen LogP contribution < -0.4 is 0 Å². The average molecular weight is 792 g/mol. The molecule has 0 radical (unpaired) electrons. The molecule has 8 aromatic rings. The van der Waals surface area contributed by atoms with Gasteiger partial charge in [0.2, 0.25) is 0 Å². The standard InChI is InChI=1S/C56H45N3S/c1-55(2)47-17-8-9-18-48(47)60-49-26-24-44-45-32-39(23-25-46(45)56(50(44)51(49)55)40-28-33-27-34(30-40)31-41(56)29-33)54-58-52(37-12-4-3-5-13-37)57-53(59-54)38-21-19-36(20-22-38)43-16-10-14-35-11-6-7-15-42(35)43/h3-26,32-34,40-41H,27-31H2,1-2H3. The molecule has 1 spiro atoms. The number of fused-ring (bicyclic) bond motifs is 7. The first-order valence-corrected chi connectivity index (χ1v) is 22.8. The van der Waals surface area contributed by atoms with E-state index < -0.39 is 0 Å². The van der Waals surface area contributed by atoms with Gasteiger partial charge in [0.05, 0.1) is 0 Å². The molecule has 4 fully saturated rings. The maximum atomic E-state index is 5.30. The van der Waals surface area contributed by atoms with Crippen molar-refractivity contribution < 1.29 is 0 Å². The summed E-state index contributed by atoms with van der Waals surface area (Å²) < 4.78 is 0. The largest absolute Gasteiger partial charge is 0.208 e. The highest BCUT2D eigenvalue weighted by atomic mass is 32.2.